The van der Waals surface area contributed by atoms with Gasteiger partial charge in [-0.15, -0.1) is 5.10 Å². The second kappa shape index (κ2) is 13.7. The number of hydrogen-bond acceptors (Lipinski definition) is 8. The minimum atomic E-state index is -1.06. The molecule has 0 spiro atoms. The highest BCUT2D eigenvalue weighted by molar-refractivity contribution is 14.1. The predicted octanol–water partition coefficient (Wildman–Crippen LogP) is 4.79. The van der Waals surface area contributed by atoms with Crippen molar-refractivity contribution in [1.82, 2.24) is 15.5 Å². The van der Waals surface area contributed by atoms with Crippen molar-refractivity contribution in [2.45, 2.75) is 39.0 Å². The van der Waals surface area contributed by atoms with E-state index in [1.165, 1.54) is 0 Å². The molecule has 0 radical (unpaired) electrons. The largest absolute Gasteiger partial charge is 0.444 e. The quantitative estimate of drug-likeness (QED) is 0.211. The van der Waals surface area contributed by atoms with Crippen molar-refractivity contribution < 1.29 is 19.1 Å². The Balaban J connectivity index is 1.77. The first-order valence-corrected chi connectivity index (χ1v) is 14.5. The van der Waals surface area contributed by atoms with E-state index in [0.717, 1.165) is 34.5 Å². The van der Waals surface area contributed by atoms with E-state index in [2.05, 4.69) is 60.7 Å². The Morgan fingerprint density at radius 2 is 1.84 bits per heavy atom. The fourth-order valence-electron chi connectivity index (χ4n) is 3.29. The molecule has 0 aliphatic heterocycles. The predicted molar refractivity (Wildman–Crippen MR) is 162 cm³/mol. The van der Waals surface area contributed by atoms with Crippen LogP contribution in [0.1, 0.15) is 25.0 Å². The first-order chi connectivity index (χ1) is 17.6. The lowest BCUT2D eigenvalue weighted by Crippen LogP contribution is -2.56. The molecule has 3 aromatic rings. The van der Waals surface area contributed by atoms with Crippen LogP contribution in [-0.2, 0) is 27.4 Å². The average molecular weight is 765 g/mol. The van der Waals surface area contributed by atoms with Gasteiger partial charge in [0.15, 0.2) is 3.95 Å². The van der Waals surface area contributed by atoms with Crippen molar-refractivity contribution in [3.63, 3.8) is 0 Å². The summed E-state index contributed by atoms with van der Waals surface area (Å²) in [7, 11) is 0. The van der Waals surface area contributed by atoms with Gasteiger partial charge in [0.25, 0.3) is 5.91 Å². The third-order valence-electron chi connectivity index (χ3n) is 5.23. The Morgan fingerprint density at radius 1 is 1.14 bits per heavy atom. The normalized spacial score (nSPS) is 12.6. The Kier molecular flexibility index (Phi) is 11.0. The highest BCUT2D eigenvalue weighted by Crippen LogP contribution is 2.22. The van der Waals surface area contributed by atoms with Crippen LogP contribution in [-0.4, -0.2) is 40.2 Å². The molecule has 0 aliphatic carbocycles. The van der Waals surface area contributed by atoms with E-state index in [4.69, 9.17) is 22.7 Å². The van der Waals surface area contributed by atoms with Gasteiger partial charge in [-0.1, -0.05) is 61.6 Å². The zero-order chi connectivity index (χ0) is 27.1. The van der Waals surface area contributed by atoms with Gasteiger partial charge in [0.05, 0.1) is 6.04 Å². The molecule has 3 amide bonds. The summed E-state index contributed by atoms with van der Waals surface area (Å²) >= 11 is 10.5. The van der Waals surface area contributed by atoms with Gasteiger partial charge in [0.1, 0.15) is 12.6 Å². The molecular formula is C24H25I2N5O4S2. The molecule has 0 saturated heterocycles. The van der Waals surface area contributed by atoms with Crippen LogP contribution in [0.2, 0.25) is 0 Å². The van der Waals surface area contributed by atoms with E-state index in [1.54, 1.807) is 26.0 Å². The Hall–Kier alpha value is -1.95. The molecule has 13 heteroatoms. The molecule has 2 aromatic carbocycles. The Morgan fingerprint density at radius 3 is 2.43 bits per heavy atom. The lowest BCUT2D eigenvalue weighted by Gasteiger charge is -2.27. The van der Waals surface area contributed by atoms with Crippen molar-refractivity contribution in [3.8, 4) is 0 Å². The van der Waals surface area contributed by atoms with Gasteiger partial charge < -0.3 is 15.8 Å². The smallest absolute Gasteiger partial charge is 0.423 e. The van der Waals surface area contributed by atoms with Gasteiger partial charge in [-0.2, -0.15) is 4.90 Å². The molecule has 1 heterocycles. The molecule has 37 heavy (non-hydrogen) atoms. The van der Waals surface area contributed by atoms with Crippen LogP contribution in [0.5, 0.6) is 0 Å². The number of halogens is 2. The Bertz CT molecular complexity index is 1320. The number of nitrogens with one attached hydrogen (secondary N) is 2. The molecule has 3 rings (SSSR count). The number of benzene rings is 2. The maximum Gasteiger partial charge on any atom is 0.423 e. The second-order valence-electron chi connectivity index (χ2n) is 8.40. The minimum Gasteiger partial charge on any atom is -0.444 e. The number of aromatic nitrogens is 2. The maximum absolute atomic E-state index is 13.6. The monoisotopic (exact) mass is 765 g/mol. The topological polar surface area (TPSA) is 130 Å². The molecule has 0 saturated carbocycles. The lowest BCUT2D eigenvalue weighted by atomic mass is 10.0. The number of anilines is 1. The van der Waals surface area contributed by atoms with E-state index in [9.17, 15) is 14.4 Å². The van der Waals surface area contributed by atoms with Crippen molar-refractivity contribution in [1.29, 1.82) is 0 Å². The summed E-state index contributed by atoms with van der Waals surface area (Å²) in [6, 6.07) is 13.0. The van der Waals surface area contributed by atoms with Crippen LogP contribution in [0.15, 0.2) is 48.5 Å². The van der Waals surface area contributed by atoms with Crippen LogP contribution in [0.4, 0.5) is 9.93 Å². The number of carbonyl (C=O) groups is 3. The molecule has 9 nitrogen and oxygen atoms in total. The average Bonchev–Trinajstić information content (AvgIpc) is 3.29. The number of carbonyl (C=O) groups excluding carboxylic acids is 3. The van der Waals surface area contributed by atoms with E-state index in [1.807, 2.05) is 36.4 Å². The number of hydrogen-bond donors (Lipinski definition) is 3. The van der Waals surface area contributed by atoms with Crippen molar-refractivity contribution in [3.05, 3.63) is 70.8 Å². The Labute approximate surface area is 250 Å². The van der Waals surface area contributed by atoms with Gasteiger partial charge in [-0.3, -0.25) is 14.7 Å². The van der Waals surface area contributed by atoms with E-state index in [0.29, 0.717) is 6.42 Å². The van der Waals surface area contributed by atoms with Crippen molar-refractivity contribution >= 4 is 91.8 Å². The molecule has 2 atom stereocenters. The molecule has 0 fully saturated rings. The summed E-state index contributed by atoms with van der Waals surface area (Å²) in [6.07, 6.45) is -0.634. The number of imide groups is 1. The third-order valence-corrected chi connectivity index (χ3v) is 9.17. The summed E-state index contributed by atoms with van der Waals surface area (Å²) in [4.78, 5) is 40.5. The van der Waals surface area contributed by atoms with Gasteiger partial charge in [0.2, 0.25) is 11.0 Å². The SMILES string of the molecule is CC(C)[C@H](NC(=O)[C@@H](N)Cc1ccc(I)c(I)c1)C(=O)N(C(=O)OCc1ccccc1)c1n[nH]c(=S)s1. The molecule has 196 valence electrons. The molecular weight excluding hydrogens is 740 g/mol. The number of rotatable bonds is 9. The fourth-order valence-corrected chi connectivity index (χ4v) is 5.08. The van der Waals surface area contributed by atoms with Gasteiger partial charge in [-0.25, -0.2) is 4.79 Å². The third kappa shape index (κ3) is 8.27. The van der Waals surface area contributed by atoms with Gasteiger partial charge >= 0.3 is 6.09 Å². The number of aromatic amines is 1. The summed E-state index contributed by atoms with van der Waals surface area (Å²) < 4.78 is 7.85. The van der Waals surface area contributed by atoms with Crippen LogP contribution < -0.4 is 16.0 Å². The number of nitrogens with two attached hydrogens (primary N) is 1. The molecule has 0 unspecified atom stereocenters. The minimum absolute atomic E-state index is 0.0192. The summed E-state index contributed by atoms with van der Waals surface area (Å²) in [5.41, 5.74) is 7.84. The maximum atomic E-state index is 13.6. The van der Waals surface area contributed by atoms with E-state index >= 15 is 0 Å². The van der Waals surface area contributed by atoms with E-state index < -0.39 is 30.0 Å². The van der Waals surface area contributed by atoms with Gasteiger partial charge in [-0.05, 0) is 93.0 Å². The van der Waals surface area contributed by atoms with Gasteiger partial charge in [0, 0.05) is 7.14 Å². The van der Waals surface area contributed by atoms with E-state index in [-0.39, 0.29) is 21.6 Å². The first-order valence-electron chi connectivity index (χ1n) is 11.2. The van der Waals surface area contributed by atoms with Crippen LogP contribution in [0.25, 0.3) is 0 Å². The second-order valence-corrected chi connectivity index (χ2v) is 12.4. The number of H-pyrrole nitrogens is 1. The molecule has 0 bridgehead atoms. The molecule has 0 aliphatic rings. The highest BCUT2D eigenvalue weighted by atomic mass is 127. The summed E-state index contributed by atoms with van der Waals surface area (Å²) in [6.45, 7) is 3.48. The summed E-state index contributed by atoms with van der Waals surface area (Å²) in [5, 5.41) is 9.31. The number of ether oxygens (including phenoxy) is 1. The zero-order valence-electron chi connectivity index (χ0n) is 19.9. The highest BCUT2D eigenvalue weighted by Gasteiger charge is 2.36. The van der Waals surface area contributed by atoms with Crippen LogP contribution in [0.3, 0.4) is 0 Å². The molecule has 1 aromatic heterocycles. The molecule has 4 N–H and O–H groups in total. The first kappa shape index (κ1) is 29.6. The fraction of sp³-hybridized carbons (Fsp3) is 0.292. The standard InChI is InChI=1S/C24H25I2N5O4S2/c1-13(2)19(28-20(32)18(27)11-15-8-9-16(25)17(26)10-15)21(33)31(22-29-30-23(36)37-22)24(34)35-12-14-6-4-3-5-7-14/h3-10,13,18-19H,11-12,27H2,1-2H3,(H,28,32)(H,30,36)/t18-,19-/m0/s1. The van der Waals surface area contributed by atoms with Crippen LogP contribution in [0, 0.1) is 17.0 Å². The summed E-state index contributed by atoms with van der Waals surface area (Å²) in [5.74, 6) is -1.57. The zero-order valence-corrected chi connectivity index (χ0v) is 25.9. The van der Waals surface area contributed by atoms with Crippen LogP contribution >= 0.6 is 68.7 Å². The number of nitrogens with zero attached hydrogens (tertiary/aromatic N) is 2. The van der Waals surface area contributed by atoms with Crippen molar-refractivity contribution in [2.24, 2.45) is 11.7 Å². The van der Waals surface area contributed by atoms with Crippen molar-refractivity contribution in [2.75, 3.05) is 4.90 Å². The number of amides is 3. The lowest BCUT2D eigenvalue weighted by molar-refractivity contribution is -0.129.